The van der Waals surface area contributed by atoms with E-state index >= 15 is 0 Å². The number of esters is 1. The Bertz CT molecular complexity index is 1260. The second-order valence-electron chi connectivity index (χ2n) is 9.77. The number of rotatable bonds is 10. The second kappa shape index (κ2) is 12.4. The van der Waals surface area contributed by atoms with Crippen molar-refractivity contribution in [2.75, 3.05) is 6.61 Å². The van der Waals surface area contributed by atoms with Crippen molar-refractivity contribution in [2.24, 2.45) is 5.92 Å². The number of carbonyl (C=O) groups excluding carboxylic acids is 1. The number of hydrogen-bond acceptors (Lipinski definition) is 8. The van der Waals surface area contributed by atoms with Gasteiger partial charge in [0.25, 0.3) is 5.56 Å². The van der Waals surface area contributed by atoms with Gasteiger partial charge in [-0.1, -0.05) is 13.3 Å². The fourth-order valence-electron chi connectivity index (χ4n) is 4.64. The van der Waals surface area contributed by atoms with E-state index in [4.69, 9.17) is 18.5 Å². The van der Waals surface area contributed by atoms with Crippen LogP contribution in [0.5, 0.6) is 5.75 Å². The monoisotopic (exact) mass is 553 g/mol. The molecule has 1 aliphatic heterocycles. The van der Waals surface area contributed by atoms with Gasteiger partial charge in [0.1, 0.15) is 29.9 Å². The first kappa shape index (κ1) is 28.2. The minimum Gasteiger partial charge on any atom is -0.461 e. The van der Waals surface area contributed by atoms with Crippen LogP contribution in [-0.4, -0.2) is 40.4 Å². The first-order chi connectivity index (χ1) is 18.1. The Kier molecular flexibility index (Phi) is 9.19. The molecule has 2 heterocycles. The third-order valence-electron chi connectivity index (χ3n) is 6.59. The summed E-state index contributed by atoms with van der Waals surface area (Å²) < 4.78 is 51.2. The lowest BCUT2D eigenvalue weighted by Crippen LogP contribution is -2.38. The molecule has 2 N–H and O–H groups in total. The molecule has 1 saturated heterocycles. The largest absolute Gasteiger partial charge is 0.461 e. The number of aromatic amines is 1. The molecule has 0 amide bonds. The summed E-state index contributed by atoms with van der Waals surface area (Å²) in [6.45, 7) is 3.19. The summed E-state index contributed by atoms with van der Waals surface area (Å²) in [6.07, 6.45) is 5.07. The van der Waals surface area contributed by atoms with E-state index in [2.05, 4.69) is 10.1 Å². The van der Waals surface area contributed by atoms with Gasteiger partial charge in [-0.25, -0.2) is 13.8 Å². The molecule has 2 aliphatic rings. The van der Waals surface area contributed by atoms with Crippen LogP contribution in [0.1, 0.15) is 58.6 Å². The van der Waals surface area contributed by atoms with Crippen LogP contribution in [-0.2, 0) is 23.4 Å². The highest BCUT2D eigenvalue weighted by Crippen LogP contribution is 2.46. The molecule has 38 heavy (non-hydrogen) atoms. The number of ether oxygens (including phenoxy) is 2. The van der Waals surface area contributed by atoms with E-state index in [1.807, 2.05) is 6.92 Å². The molecule has 208 valence electrons. The van der Waals surface area contributed by atoms with Gasteiger partial charge < -0.3 is 14.0 Å². The van der Waals surface area contributed by atoms with Crippen molar-refractivity contribution >= 4 is 13.7 Å². The average Bonchev–Trinajstić information content (AvgIpc) is 3.25. The Balaban J connectivity index is 1.43. The number of carbonyl (C=O) groups is 1. The maximum Gasteiger partial charge on any atom is 0.459 e. The smallest absolute Gasteiger partial charge is 0.459 e. The van der Waals surface area contributed by atoms with E-state index in [0.717, 1.165) is 44.2 Å². The van der Waals surface area contributed by atoms with Crippen molar-refractivity contribution in [3.05, 3.63) is 63.2 Å². The zero-order valence-corrected chi connectivity index (χ0v) is 22.2. The normalized spacial score (nSPS) is 24.4. The molecule has 0 spiro atoms. The summed E-state index contributed by atoms with van der Waals surface area (Å²) in [6, 6.07) is 5.10. The molecule has 2 fully saturated rings. The van der Waals surface area contributed by atoms with Crippen LogP contribution >= 0.6 is 7.75 Å². The quantitative estimate of drug-likeness (QED) is 0.333. The highest BCUT2D eigenvalue weighted by Gasteiger charge is 2.38. The second-order valence-corrected chi connectivity index (χ2v) is 11.5. The standard InChI is InChI=1S/C25H33FN3O8P/c1-16-14-21(35-23(16)29-13-12-22(30)27-25(29)32)15-34-38(33,37-20-10-8-18(26)9-11-20)28-17(2)24(31)36-19-6-4-3-5-7-19/h8-13,16-17,19,21,23H,3-7,14-15H2,1-2H3,(H,28,33)(H,27,30,32)/t16-,17-,21-,23?,38?/m0/s1. The summed E-state index contributed by atoms with van der Waals surface area (Å²) in [4.78, 5) is 38.5. The summed E-state index contributed by atoms with van der Waals surface area (Å²) >= 11 is 0. The molecular formula is C25H33FN3O8P. The Hall–Kier alpha value is -2.79. The lowest BCUT2D eigenvalue weighted by atomic mass is 9.98. The molecule has 1 aromatic heterocycles. The Morgan fingerprint density at radius 3 is 2.61 bits per heavy atom. The Labute approximate surface area is 219 Å². The van der Waals surface area contributed by atoms with E-state index in [1.165, 1.54) is 35.9 Å². The Morgan fingerprint density at radius 1 is 1.21 bits per heavy atom. The van der Waals surface area contributed by atoms with Crippen molar-refractivity contribution < 1.29 is 32.3 Å². The molecule has 0 bridgehead atoms. The summed E-state index contributed by atoms with van der Waals surface area (Å²) in [5.74, 6) is -1.12. The lowest BCUT2D eigenvalue weighted by Gasteiger charge is -2.26. The molecule has 0 radical (unpaired) electrons. The number of benzene rings is 1. The third kappa shape index (κ3) is 7.41. The highest BCUT2D eigenvalue weighted by atomic mass is 31.2. The number of nitrogens with zero attached hydrogens (tertiary/aromatic N) is 1. The third-order valence-corrected chi connectivity index (χ3v) is 8.23. The van der Waals surface area contributed by atoms with Crippen LogP contribution < -0.4 is 20.9 Å². The molecule has 2 unspecified atom stereocenters. The van der Waals surface area contributed by atoms with E-state index < -0.39 is 49.2 Å². The van der Waals surface area contributed by atoms with Gasteiger partial charge in [-0.15, -0.1) is 0 Å². The van der Waals surface area contributed by atoms with Gasteiger partial charge in [0.15, 0.2) is 0 Å². The molecule has 1 aliphatic carbocycles. The lowest BCUT2D eigenvalue weighted by molar-refractivity contribution is -0.152. The topological polar surface area (TPSA) is 138 Å². The molecular weight excluding hydrogens is 520 g/mol. The van der Waals surface area contributed by atoms with E-state index in [1.54, 1.807) is 0 Å². The molecule has 1 saturated carbocycles. The number of halogens is 1. The average molecular weight is 554 g/mol. The Morgan fingerprint density at radius 2 is 1.92 bits per heavy atom. The van der Waals surface area contributed by atoms with Gasteiger partial charge in [-0.3, -0.25) is 23.7 Å². The SMILES string of the molecule is C[C@H](NP(=O)(OC[C@@H]1C[C@H](C)C(n2ccc(=O)[nH]c2=O)O1)Oc1ccc(F)cc1)C(=O)OC1CCCCC1. The van der Waals surface area contributed by atoms with Crippen molar-refractivity contribution in [3.8, 4) is 5.75 Å². The maximum absolute atomic E-state index is 13.7. The van der Waals surface area contributed by atoms with Crippen molar-refractivity contribution in [3.63, 3.8) is 0 Å². The van der Waals surface area contributed by atoms with Gasteiger partial charge in [0.2, 0.25) is 0 Å². The number of nitrogens with one attached hydrogen (secondary N) is 2. The van der Waals surface area contributed by atoms with Crippen molar-refractivity contribution in [1.29, 1.82) is 0 Å². The van der Waals surface area contributed by atoms with Crippen LogP contribution in [0.25, 0.3) is 0 Å². The summed E-state index contributed by atoms with van der Waals surface area (Å²) in [5, 5.41) is 2.63. The van der Waals surface area contributed by atoms with Gasteiger partial charge in [-0.2, -0.15) is 5.09 Å². The first-order valence-corrected chi connectivity index (χ1v) is 14.3. The predicted molar refractivity (Wildman–Crippen MR) is 135 cm³/mol. The minimum absolute atomic E-state index is 0.0773. The van der Waals surface area contributed by atoms with Crippen LogP contribution in [0, 0.1) is 11.7 Å². The maximum atomic E-state index is 13.7. The van der Waals surface area contributed by atoms with Crippen LogP contribution in [0.2, 0.25) is 0 Å². The summed E-state index contributed by atoms with van der Waals surface area (Å²) in [7, 11) is -4.17. The molecule has 13 heteroatoms. The van der Waals surface area contributed by atoms with Gasteiger partial charge in [-0.05, 0) is 63.3 Å². The highest BCUT2D eigenvalue weighted by molar-refractivity contribution is 7.52. The van der Waals surface area contributed by atoms with E-state index in [0.29, 0.717) is 6.42 Å². The van der Waals surface area contributed by atoms with Gasteiger partial charge in [0.05, 0.1) is 12.7 Å². The molecule has 4 rings (SSSR count). The van der Waals surface area contributed by atoms with Crippen LogP contribution in [0.3, 0.4) is 0 Å². The summed E-state index contributed by atoms with van der Waals surface area (Å²) in [5.41, 5.74) is -1.12. The zero-order chi connectivity index (χ0) is 27.3. The van der Waals surface area contributed by atoms with Gasteiger partial charge >= 0.3 is 19.4 Å². The van der Waals surface area contributed by atoms with E-state index in [-0.39, 0.29) is 24.4 Å². The van der Waals surface area contributed by atoms with Gasteiger partial charge in [0, 0.05) is 18.2 Å². The fourth-order valence-corrected chi connectivity index (χ4v) is 6.16. The zero-order valence-electron chi connectivity index (χ0n) is 21.3. The van der Waals surface area contributed by atoms with Crippen LogP contribution in [0.15, 0.2) is 46.1 Å². The van der Waals surface area contributed by atoms with Crippen molar-refractivity contribution in [2.45, 2.75) is 76.9 Å². The van der Waals surface area contributed by atoms with E-state index in [9.17, 15) is 23.3 Å². The predicted octanol–water partition coefficient (Wildman–Crippen LogP) is 3.66. The van der Waals surface area contributed by atoms with Crippen LogP contribution in [0.4, 0.5) is 4.39 Å². The number of H-pyrrole nitrogens is 1. The molecule has 11 nitrogen and oxygen atoms in total. The fraction of sp³-hybridized carbons (Fsp3) is 0.560. The molecule has 2 aromatic rings. The minimum atomic E-state index is -4.17. The number of hydrogen-bond donors (Lipinski definition) is 2. The molecule has 5 atom stereocenters. The van der Waals surface area contributed by atoms with Crippen molar-refractivity contribution in [1.82, 2.24) is 14.6 Å². The number of aromatic nitrogens is 2. The first-order valence-electron chi connectivity index (χ1n) is 12.8. The molecule has 1 aromatic carbocycles.